The lowest BCUT2D eigenvalue weighted by Crippen LogP contribution is -2.50. The van der Waals surface area contributed by atoms with Crippen molar-refractivity contribution in [3.63, 3.8) is 0 Å². The Morgan fingerprint density at radius 3 is 2.00 bits per heavy atom. The second-order valence-electron chi connectivity index (χ2n) is 6.02. The zero-order valence-corrected chi connectivity index (χ0v) is 11.3. The maximum Gasteiger partial charge on any atom is 0.0365 e. The van der Waals surface area contributed by atoms with Crippen LogP contribution in [0.25, 0.3) is 0 Å². The van der Waals surface area contributed by atoms with E-state index in [0.29, 0.717) is 0 Å². The molecule has 0 saturated carbocycles. The Morgan fingerprint density at radius 2 is 1.47 bits per heavy atom. The van der Waals surface area contributed by atoms with Crippen LogP contribution in [0, 0.1) is 13.8 Å². The minimum atomic E-state index is 0.747. The summed E-state index contributed by atoms with van der Waals surface area (Å²) < 4.78 is 2.58. The van der Waals surface area contributed by atoms with Gasteiger partial charge in [0.1, 0.15) is 0 Å². The van der Waals surface area contributed by atoms with Crippen molar-refractivity contribution >= 4 is 0 Å². The molecule has 2 heteroatoms. The number of rotatable bonds is 1. The molecule has 3 heterocycles. The Kier molecular flexibility index (Phi) is 2.78. The second kappa shape index (κ2) is 4.16. The number of hydrogen-bond acceptors (Lipinski definition) is 1. The first-order chi connectivity index (χ1) is 8.16. The lowest BCUT2D eigenvalue weighted by molar-refractivity contribution is 0.0392. The molecule has 0 amide bonds. The van der Waals surface area contributed by atoms with Crippen LogP contribution in [-0.4, -0.2) is 28.6 Å². The highest BCUT2D eigenvalue weighted by Gasteiger charge is 2.36. The Hall–Kier alpha value is -0.760. The van der Waals surface area contributed by atoms with Gasteiger partial charge in [-0.15, -0.1) is 0 Å². The van der Waals surface area contributed by atoms with Crippen LogP contribution in [0.15, 0.2) is 12.1 Å². The topological polar surface area (TPSA) is 8.17 Å². The van der Waals surface area contributed by atoms with Crippen molar-refractivity contribution in [2.24, 2.45) is 0 Å². The van der Waals surface area contributed by atoms with E-state index in [2.05, 4.69) is 42.5 Å². The van der Waals surface area contributed by atoms with Crippen molar-refractivity contribution < 1.29 is 0 Å². The quantitative estimate of drug-likeness (QED) is 0.721. The third-order valence-corrected chi connectivity index (χ3v) is 5.01. The summed E-state index contributed by atoms with van der Waals surface area (Å²) >= 11 is 0. The Labute approximate surface area is 105 Å². The molecule has 2 fully saturated rings. The fourth-order valence-electron chi connectivity index (χ4n) is 4.05. The molecule has 3 rings (SSSR count). The maximum atomic E-state index is 2.65. The highest BCUT2D eigenvalue weighted by atomic mass is 15.2. The van der Waals surface area contributed by atoms with Crippen LogP contribution < -0.4 is 0 Å². The SMILES string of the molecule is Cc1ccc(C)n1C1CC2CCCC(C1)N2C. The average Bonchev–Trinajstić information content (AvgIpc) is 2.59. The van der Waals surface area contributed by atoms with Crippen molar-refractivity contribution in [3.05, 3.63) is 23.5 Å². The average molecular weight is 232 g/mol. The first-order valence-electron chi connectivity index (χ1n) is 7.03. The molecular formula is C15H24N2. The number of nitrogens with zero attached hydrogens (tertiary/aromatic N) is 2. The fourth-order valence-corrected chi connectivity index (χ4v) is 4.05. The van der Waals surface area contributed by atoms with Gasteiger partial charge in [-0.25, -0.2) is 0 Å². The minimum Gasteiger partial charge on any atom is -0.346 e. The monoisotopic (exact) mass is 232 g/mol. The van der Waals surface area contributed by atoms with Crippen molar-refractivity contribution in [2.45, 2.75) is 64.1 Å². The van der Waals surface area contributed by atoms with Crippen molar-refractivity contribution in [1.82, 2.24) is 9.47 Å². The smallest absolute Gasteiger partial charge is 0.0365 e. The van der Waals surface area contributed by atoms with E-state index in [1.165, 1.54) is 43.5 Å². The molecule has 0 aromatic carbocycles. The number of aromatic nitrogens is 1. The zero-order chi connectivity index (χ0) is 12.0. The first-order valence-corrected chi connectivity index (χ1v) is 7.03. The van der Waals surface area contributed by atoms with Crippen molar-refractivity contribution in [3.8, 4) is 0 Å². The number of aryl methyl sites for hydroxylation is 2. The third kappa shape index (κ3) is 1.83. The zero-order valence-electron chi connectivity index (χ0n) is 11.3. The van der Waals surface area contributed by atoms with Gasteiger partial charge in [-0.3, -0.25) is 0 Å². The molecule has 17 heavy (non-hydrogen) atoms. The summed E-state index contributed by atoms with van der Waals surface area (Å²) in [6, 6.07) is 6.94. The molecule has 2 atom stereocenters. The van der Waals surface area contributed by atoms with Crippen molar-refractivity contribution in [2.75, 3.05) is 7.05 Å². The molecule has 2 bridgehead atoms. The Morgan fingerprint density at radius 1 is 0.941 bits per heavy atom. The molecule has 94 valence electrons. The largest absolute Gasteiger partial charge is 0.346 e. The summed E-state index contributed by atoms with van der Waals surface area (Å²) in [7, 11) is 2.33. The molecule has 0 spiro atoms. The van der Waals surface area contributed by atoms with E-state index in [0.717, 1.165) is 18.1 Å². The van der Waals surface area contributed by atoms with Crippen LogP contribution in [0.4, 0.5) is 0 Å². The third-order valence-electron chi connectivity index (χ3n) is 5.01. The van der Waals surface area contributed by atoms with Crippen LogP contribution >= 0.6 is 0 Å². The van der Waals surface area contributed by atoms with Gasteiger partial charge in [0.25, 0.3) is 0 Å². The van der Waals surface area contributed by atoms with E-state index in [4.69, 9.17) is 0 Å². The lowest BCUT2D eigenvalue weighted by Gasteiger charge is -2.47. The van der Waals surface area contributed by atoms with E-state index in [9.17, 15) is 0 Å². The Bertz CT molecular complexity index is 374. The van der Waals surface area contributed by atoms with E-state index in [1.54, 1.807) is 0 Å². The molecule has 2 nitrogen and oxygen atoms in total. The van der Waals surface area contributed by atoms with Gasteiger partial charge < -0.3 is 9.47 Å². The highest BCUT2D eigenvalue weighted by Crippen LogP contribution is 2.39. The number of hydrogen-bond donors (Lipinski definition) is 0. The van der Waals surface area contributed by atoms with Gasteiger partial charge in [0.15, 0.2) is 0 Å². The number of piperidine rings is 2. The highest BCUT2D eigenvalue weighted by molar-refractivity contribution is 5.16. The summed E-state index contributed by atoms with van der Waals surface area (Å²) in [6.07, 6.45) is 6.95. The summed E-state index contributed by atoms with van der Waals surface area (Å²) in [4.78, 5) is 2.65. The number of fused-ring (bicyclic) bond motifs is 2. The molecule has 0 N–H and O–H groups in total. The van der Waals surface area contributed by atoms with Crippen LogP contribution in [0.2, 0.25) is 0 Å². The van der Waals surface area contributed by atoms with Crippen LogP contribution in [0.1, 0.15) is 49.5 Å². The van der Waals surface area contributed by atoms with Crippen LogP contribution in [0.3, 0.4) is 0 Å². The molecular weight excluding hydrogens is 208 g/mol. The molecule has 1 aromatic heterocycles. The van der Waals surface area contributed by atoms with E-state index < -0.39 is 0 Å². The van der Waals surface area contributed by atoms with Gasteiger partial charge >= 0.3 is 0 Å². The van der Waals surface area contributed by atoms with Gasteiger partial charge in [0.2, 0.25) is 0 Å². The summed E-state index contributed by atoms with van der Waals surface area (Å²) in [5, 5.41) is 0. The van der Waals surface area contributed by atoms with E-state index in [1.807, 2.05) is 0 Å². The molecule has 2 aliphatic heterocycles. The summed E-state index contributed by atoms with van der Waals surface area (Å²) in [5.74, 6) is 0. The van der Waals surface area contributed by atoms with Crippen molar-refractivity contribution in [1.29, 1.82) is 0 Å². The fraction of sp³-hybridized carbons (Fsp3) is 0.733. The van der Waals surface area contributed by atoms with Gasteiger partial charge in [-0.1, -0.05) is 6.42 Å². The molecule has 0 radical (unpaired) electrons. The van der Waals surface area contributed by atoms with E-state index in [-0.39, 0.29) is 0 Å². The molecule has 2 saturated heterocycles. The van der Waals surface area contributed by atoms with Crippen LogP contribution in [0.5, 0.6) is 0 Å². The lowest BCUT2D eigenvalue weighted by atomic mass is 9.82. The van der Waals surface area contributed by atoms with E-state index >= 15 is 0 Å². The first kappa shape index (κ1) is 11.3. The van der Waals surface area contributed by atoms with Gasteiger partial charge in [-0.05, 0) is 58.7 Å². The standard InChI is InChI=1S/C15H24N2/c1-11-7-8-12(2)17(11)15-9-13-5-4-6-14(10-15)16(13)3/h7-8,13-15H,4-6,9-10H2,1-3H3. The molecule has 2 aliphatic rings. The van der Waals surface area contributed by atoms with Gasteiger partial charge in [0, 0.05) is 29.5 Å². The maximum absolute atomic E-state index is 2.65. The second-order valence-corrected chi connectivity index (χ2v) is 6.02. The summed E-state index contributed by atoms with van der Waals surface area (Å²) in [6.45, 7) is 4.50. The van der Waals surface area contributed by atoms with Crippen LogP contribution in [-0.2, 0) is 0 Å². The predicted molar refractivity (Wildman–Crippen MR) is 71.4 cm³/mol. The van der Waals surface area contributed by atoms with Gasteiger partial charge in [-0.2, -0.15) is 0 Å². The molecule has 2 unspecified atom stereocenters. The minimum absolute atomic E-state index is 0.747. The van der Waals surface area contributed by atoms with Gasteiger partial charge in [0.05, 0.1) is 0 Å². The predicted octanol–water partition coefficient (Wildman–Crippen LogP) is 3.29. The molecule has 1 aromatic rings. The summed E-state index contributed by atoms with van der Waals surface area (Å²) in [5.41, 5.74) is 2.88. The molecule has 0 aliphatic carbocycles. The normalized spacial score (nSPS) is 33.9. The Balaban J connectivity index is 1.87.